The highest BCUT2D eigenvalue weighted by Gasteiger charge is 2.42. The van der Waals surface area contributed by atoms with E-state index in [4.69, 9.17) is 9.51 Å². The van der Waals surface area contributed by atoms with Crippen LogP contribution in [0, 0.1) is 5.41 Å². The number of carbonyl (C=O) groups excluding carboxylic acids is 1. The predicted molar refractivity (Wildman–Crippen MR) is 145 cm³/mol. The maximum Gasteiger partial charge on any atom is 0.229 e. The monoisotopic (exact) mass is 503 g/mol. The molecule has 3 heterocycles. The second kappa shape index (κ2) is 10.9. The molecule has 8 heteroatoms. The molecule has 0 aliphatic carbocycles. The molecule has 196 valence electrons. The molecular formula is C29H37N5O3. The van der Waals surface area contributed by atoms with Crippen molar-refractivity contribution in [2.24, 2.45) is 10.4 Å². The van der Waals surface area contributed by atoms with Crippen LogP contribution >= 0.6 is 0 Å². The predicted octanol–water partition coefficient (Wildman–Crippen LogP) is 5.14. The number of aromatic nitrogens is 3. The Kier molecular flexibility index (Phi) is 7.87. The normalized spacial score (nSPS) is 18.2. The van der Waals surface area contributed by atoms with E-state index >= 15 is 0 Å². The number of hydrogen-bond acceptors (Lipinski definition) is 8. The van der Waals surface area contributed by atoms with Crippen molar-refractivity contribution in [2.75, 3.05) is 18.1 Å². The van der Waals surface area contributed by atoms with E-state index in [1.807, 2.05) is 18.3 Å². The van der Waals surface area contributed by atoms with Gasteiger partial charge in [0, 0.05) is 42.2 Å². The summed E-state index contributed by atoms with van der Waals surface area (Å²) in [6.07, 6.45) is 3.62. The fraction of sp³-hybridized carbons (Fsp3) is 0.483. The summed E-state index contributed by atoms with van der Waals surface area (Å²) in [6, 6.07) is 10.0. The first-order chi connectivity index (χ1) is 17.7. The smallest absolute Gasteiger partial charge is 0.229 e. The van der Waals surface area contributed by atoms with Crippen molar-refractivity contribution in [3.63, 3.8) is 0 Å². The van der Waals surface area contributed by atoms with Gasteiger partial charge in [0.25, 0.3) is 0 Å². The van der Waals surface area contributed by atoms with Crippen LogP contribution in [0.1, 0.15) is 81.6 Å². The lowest BCUT2D eigenvalue weighted by Gasteiger charge is -2.35. The van der Waals surface area contributed by atoms with Gasteiger partial charge in [0.2, 0.25) is 11.7 Å². The Morgan fingerprint density at radius 3 is 2.70 bits per heavy atom. The van der Waals surface area contributed by atoms with Crippen molar-refractivity contribution in [1.82, 2.24) is 15.1 Å². The van der Waals surface area contributed by atoms with Gasteiger partial charge in [0.1, 0.15) is 12.3 Å². The third kappa shape index (κ3) is 5.34. The summed E-state index contributed by atoms with van der Waals surface area (Å²) >= 11 is 0. The molecule has 0 amide bonds. The SMILES string of the molecule is C=NC(C=O)Cc1nc(-c2ccc3c(c2)C(CC(C)(C)CO)C(c2cccnc2C(C)C)N3CC)no1. The fourth-order valence-electron chi connectivity index (χ4n) is 5.37. The average Bonchev–Trinajstić information content (AvgIpc) is 3.49. The number of aliphatic hydroxyl groups is 1. The van der Waals surface area contributed by atoms with Crippen molar-refractivity contribution in [1.29, 1.82) is 0 Å². The van der Waals surface area contributed by atoms with Gasteiger partial charge in [0.05, 0.1) is 12.5 Å². The molecule has 1 aliphatic heterocycles. The summed E-state index contributed by atoms with van der Waals surface area (Å²) in [5, 5.41) is 14.4. The number of hydrogen-bond donors (Lipinski definition) is 1. The third-order valence-electron chi connectivity index (χ3n) is 7.23. The number of likely N-dealkylation sites (N-methyl/N-ethyl adjacent to an activating group) is 1. The van der Waals surface area contributed by atoms with E-state index in [9.17, 15) is 9.90 Å². The minimum absolute atomic E-state index is 0.0972. The lowest BCUT2D eigenvalue weighted by Crippen LogP contribution is -2.30. The van der Waals surface area contributed by atoms with Gasteiger partial charge >= 0.3 is 0 Å². The summed E-state index contributed by atoms with van der Waals surface area (Å²) in [4.78, 5) is 26.7. The van der Waals surface area contributed by atoms with E-state index in [1.54, 1.807) is 0 Å². The standard InChI is InChI=1S/C29H37N5O3/c1-7-34-24-11-10-19(28-32-25(37-33-28)14-20(16-35)30-6)13-22(24)23(15-29(4,5)17-36)27(34)21-9-8-12-31-26(21)18(2)3/h8-13,16,18,20,23,27,36H,6-7,14-15,17H2,1-5H3. The fourth-order valence-corrected chi connectivity index (χ4v) is 5.37. The van der Waals surface area contributed by atoms with Crippen LogP contribution in [0.5, 0.6) is 0 Å². The highest BCUT2D eigenvalue weighted by Crippen LogP contribution is 2.54. The van der Waals surface area contributed by atoms with E-state index in [2.05, 4.69) is 79.6 Å². The van der Waals surface area contributed by atoms with Crippen molar-refractivity contribution < 1.29 is 14.4 Å². The second-order valence-electron chi connectivity index (χ2n) is 10.9. The zero-order valence-electron chi connectivity index (χ0n) is 22.4. The number of aliphatic imine (C=N–C) groups is 1. The van der Waals surface area contributed by atoms with E-state index in [1.165, 1.54) is 16.8 Å². The van der Waals surface area contributed by atoms with Crippen LogP contribution in [0.15, 0.2) is 46.0 Å². The number of anilines is 1. The third-order valence-corrected chi connectivity index (χ3v) is 7.23. The number of aliphatic hydroxyl groups excluding tert-OH is 1. The summed E-state index contributed by atoms with van der Waals surface area (Å²) in [7, 11) is 0. The topological polar surface area (TPSA) is 105 Å². The van der Waals surface area contributed by atoms with Crippen molar-refractivity contribution in [3.8, 4) is 11.4 Å². The number of rotatable bonds is 11. The maximum absolute atomic E-state index is 11.1. The molecule has 0 spiro atoms. The first-order valence-corrected chi connectivity index (χ1v) is 12.9. The van der Waals surface area contributed by atoms with E-state index in [0.717, 1.165) is 30.5 Å². The Balaban J connectivity index is 1.80. The van der Waals surface area contributed by atoms with E-state index < -0.39 is 6.04 Å². The number of aldehydes is 1. The molecule has 3 aromatic rings. The molecule has 0 saturated heterocycles. The van der Waals surface area contributed by atoms with Gasteiger partial charge < -0.3 is 19.3 Å². The van der Waals surface area contributed by atoms with Crippen molar-refractivity contribution in [2.45, 2.75) is 71.4 Å². The van der Waals surface area contributed by atoms with Gasteiger partial charge in [-0.1, -0.05) is 38.9 Å². The van der Waals surface area contributed by atoms with Crippen molar-refractivity contribution in [3.05, 3.63) is 59.2 Å². The molecule has 1 N–H and O–H groups in total. The molecule has 4 rings (SSSR count). The molecule has 3 atom stereocenters. The lowest BCUT2D eigenvalue weighted by molar-refractivity contribution is -0.108. The van der Waals surface area contributed by atoms with Gasteiger partial charge in [-0.05, 0) is 66.8 Å². The van der Waals surface area contributed by atoms with Gasteiger partial charge in [0.15, 0.2) is 0 Å². The van der Waals surface area contributed by atoms with Gasteiger partial charge in [-0.15, -0.1) is 0 Å². The second-order valence-corrected chi connectivity index (χ2v) is 10.9. The molecule has 1 aliphatic rings. The Morgan fingerprint density at radius 2 is 2.05 bits per heavy atom. The largest absolute Gasteiger partial charge is 0.396 e. The van der Waals surface area contributed by atoms with Crippen molar-refractivity contribution >= 4 is 18.7 Å². The first-order valence-electron chi connectivity index (χ1n) is 12.9. The van der Waals surface area contributed by atoms with Crippen LogP contribution in [-0.4, -0.2) is 52.4 Å². The molecule has 3 unspecified atom stereocenters. The molecule has 0 bridgehead atoms. The quantitative estimate of drug-likeness (QED) is 0.285. The highest BCUT2D eigenvalue weighted by molar-refractivity contribution is 5.70. The molecule has 0 fully saturated rings. The molecule has 0 saturated carbocycles. The summed E-state index contributed by atoms with van der Waals surface area (Å²) in [6.45, 7) is 15.1. The average molecular weight is 504 g/mol. The number of carbonyl (C=O) groups is 1. The zero-order chi connectivity index (χ0) is 26.7. The summed E-state index contributed by atoms with van der Waals surface area (Å²) in [5.74, 6) is 1.25. The maximum atomic E-state index is 11.1. The Morgan fingerprint density at radius 1 is 1.27 bits per heavy atom. The summed E-state index contributed by atoms with van der Waals surface area (Å²) in [5.41, 5.74) is 5.30. The zero-order valence-corrected chi connectivity index (χ0v) is 22.4. The van der Waals surface area contributed by atoms with Crippen LogP contribution in [0.4, 0.5) is 5.69 Å². The van der Waals surface area contributed by atoms with E-state index in [-0.39, 0.29) is 30.4 Å². The summed E-state index contributed by atoms with van der Waals surface area (Å²) < 4.78 is 5.41. The number of nitrogens with zero attached hydrogens (tertiary/aromatic N) is 5. The Labute approximate surface area is 218 Å². The lowest BCUT2D eigenvalue weighted by atomic mass is 9.76. The Hall–Kier alpha value is -3.39. The molecule has 8 nitrogen and oxygen atoms in total. The van der Waals surface area contributed by atoms with Gasteiger partial charge in [-0.3, -0.25) is 9.98 Å². The molecule has 37 heavy (non-hydrogen) atoms. The Bertz CT molecular complexity index is 1240. The van der Waals surface area contributed by atoms with Crippen LogP contribution in [-0.2, 0) is 11.2 Å². The van der Waals surface area contributed by atoms with E-state index in [0.29, 0.717) is 17.6 Å². The molecule has 2 aromatic heterocycles. The first kappa shape index (κ1) is 26.7. The van der Waals surface area contributed by atoms with Crippen LogP contribution in [0.2, 0.25) is 0 Å². The number of fused-ring (bicyclic) bond motifs is 1. The molecule has 0 radical (unpaired) electrons. The number of pyridine rings is 1. The molecule has 1 aromatic carbocycles. The molecular weight excluding hydrogens is 466 g/mol. The highest BCUT2D eigenvalue weighted by atomic mass is 16.5. The number of benzene rings is 1. The van der Waals surface area contributed by atoms with Crippen LogP contribution in [0.25, 0.3) is 11.4 Å². The van der Waals surface area contributed by atoms with Crippen LogP contribution < -0.4 is 4.90 Å². The van der Waals surface area contributed by atoms with Crippen LogP contribution in [0.3, 0.4) is 0 Å². The van der Waals surface area contributed by atoms with Gasteiger partial charge in [-0.2, -0.15) is 4.98 Å². The minimum Gasteiger partial charge on any atom is -0.396 e. The van der Waals surface area contributed by atoms with Gasteiger partial charge in [-0.25, -0.2) is 0 Å². The minimum atomic E-state index is -0.605.